The standard InChI is InChI=1S/C16H12ClF2N5O3S/c1-27-15-8(4-13(18)19)6-22-16(23-15)24-28(25,26)12-7-21-14-9(12)2-3-11(17)10(14)5-20/h2-3,6-7,13,21H,4H2,1H3,(H,22,23,24). The van der Waals surface area contributed by atoms with Crippen LogP contribution in [0.1, 0.15) is 11.1 Å². The predicted molar refractivity (Wildman–Crippen MR) is 97.1 cm³/mol. The number of ether oxygens (including phenoxy) is 1. The predicted octanol–water partition coefficient (Wildman–Crippen LogP) is 3.10. The molecule has 0 saturated heterocycles. The fraction of sp³-hybridized carbons (Fsp3) is 0.188. The monoisotopic (exact) mass is 427 g/mol. The van der Waals surface area contributed by atoms with Crippen LogP contribution in [-0.4, -0.2) is 36.9 Å². The summed E-state index contributed by atoms with van der Waals surface area (Å²) < 4.78 is 57.7. The summed E-state index contributed by atoms with van der Waals surface area (Å²) in [6, 6.07) is 4.77. The molecule has 2 heterocycles. The lowest BCUT2D eigenvalue weighted by atomic mass is 10.1. The van der Waals surface area contributed by atoms with Crippen molar-refractivity contribution in [1.29, 1.82) is 5.26 Å². The van der Waals surface area contributed by atoms with Crippen LogP contribution in [0.2, 0.25) is 5.02 Å². The molecule has 0 saturated carbocycles. The van der Waals surface area contributed by atoms with Crippen LogP contribution in [0.25, 0.3) is 10.9 Å². The second-order valence-corrected chi connectivity index (χ2v) is 7.60. The van der Waals surface area contributed by atoms with Gasteiger partial charge in [-0.2, -0.15) is 10.2 Å². The summed E-state index contributed by atoms with van der Waals surface area (Å²) in [7, 11) is -2.93. The average Bonchev–Trinajstić information content (AvgIpc) is 3.07. The molecule has 2 aromatic heterocycles. The summed E-state index contributed by atoms with van der Waals surface area (Å²) in [6.07, 6.45) is -0.992. The Morgan fingerprint density at radius 3 is 2.82 bits per heavy atom. The van der Waals surface area contributed by atoms with Crippen molar-refractivity contribution in [3.8, 4) is 11.9 Å². The zero-order valence-electron chi connectivity index (χ0n) is 14.2. The zero-order valence-corrected chi connectivity index (χ0v) is 15.8. The van der Waals surface area contributed by atoms with Gasteiger partial charge in [-0.1, -0.05) is 11.6 Å². The maximum Gasteiger partial charge on any atom is 0.266 e. The highest BCUT2D eigenvalue weighted by Crippen LogP contribution is 2.30. The van der Waals surface area contributed by atoms with Crippen LogP contribution in [0.3, 0.4) is 0 Å². The molecule has 3 aromatic rings. The largest absolute Gasteiger partial charge is 0.481 e. The first kappa shape index (κ1) is 19.8. The van der Waals surface area contributed by atoms with E-state index in [0.29, 0.717) is 0 Å². The van der Waals surface area contributed by atoms with Crippen LogP contribution < -0.4 is 9.46 Å². The lowest BCUT2D eigenvalue weighted by Crippen LogP contribution is -2.15. The van der Waals surface area contributed by atoms with E-state index in [9.17, 15) is 22.5 Å². The number of hydrogen-bond acceptors (Lipinski definition) is 6. The van der Waals surface area contributed by atoms with Crippen LogP contribution in [0.5, 0.6) is 5.88 Å². The third kappa shape index (κ3) is 3.69. The van der Waals surface area contributed by atoms with Crippen molar-refractivity contribution in [1.82, 2.24) is 15.0 Å². The SMILES string of the molecule is COc1nc(NS(=O)(=O)c2c[nH]c3c(C#N)c(Cl)ccc23)ncc1CC(F)F. The van der Waals surface area contributed by atoms with E-state index in [4.69, 9.17) is 16.3 Å². The van der Waals surface area contributed by atoms with Gasteiger partial charge in [0.05, 0.1) is 23.2 Å². The van der Waals surface area contributed by atoms with Crippen LogP contribution in [0, 0.1) is 11.3 Å². The van der Waals surface area contributed by atoms with Crippen LogP contribution in [0.4, 0.5) is 14.7 Å². The van der Waals surface area contributed by atoms with Gasteiger partial charge in [-0.15, -0.1) is 0 Å². The van der Waals surface area contributed by atoms with Crippen molar-refractivity contribution in [2.24, 2.45) is 0 Å². The summed E-state index contributed by atoms with van der Waals surface area (Å²) in [4.78, 5) is 10.2. The third-order valence-corrected chi connectivity index (χ3v) is 5.47. The number of H-pyrrole nitrogens is 1. The Morgan fingerprint density at radius 2 is 2.18 bits per heavy atom. The number of fused-ring (bicyclic) bond motifs is 1. The summed E-state index contributed by atoms with van der Waals surface area (Å²) in [5.74, 6) is -0.510. The van der Waals surface area contributed by atoms with Gasteiger partial charge < -0.3 is 9.72 Å². The van der Waals surface area contributed by atoms with E-state index in [2.05, 4.69) is 19.7 Å². The Kier molecular flexibility index (Phi) is 5.35. The Hall–Kier alpha value is -2.97. The summed E-state index contributed by atoms with van der Waals surface area (Å²) in [5.41, 5.74) is 0.414. The average molecular weight is 428 g/mol. The second kappa shape index (κ2) is 7.57. The minimum absolute atomic E-state index is 0.0425. The van der Waals surface area contributed by atoms with Gasteiger partial charge in [0, 0.05) is 29.8 Å². The fourth-order valence-corrected chi connectivity index (χ4v) is 3.90. The summed E-state index contributed by atoms with van der Waals surface area (Å²) in [6.45, 7) is 0. The van der Waals surface area contributed by atoms with Crippen molar-refractivity contribution in [3.63, 3.8) is 0 Å². The molecule has 2 N–H and O–H groups in total. The number of aromatic nitrogens is 3. The van der Waals surface area contributed by atoms with Crippen molar-refractivity contribution in [2.75, 3.05) is 11.8 Å². The van der Waals surface area contributed by atoms with E-state index in [1.807, 2.05) is 6.07 Å². The molecule has 0 fully saturated rings. The second-order valence-electron chi connectivity index (χ2n) is 5.54. The minimum atomic E-state index is -4.16. The van der Waals surface area contributed by atoms with Gasteiger partial charge in [0.15, 0.2) is 0 Å². The number of rotatable bonds is 6. The minimum Gasteiger partial charge on any atom is -0.481 e. The van der Waals surface area contributed by atoms with Crippen LogP contribution >= 0.6 is 11.6 Å². The van der Waals surface area contributed by atoms with Gasteiger partial charge in [-0.05, 0) is 12.1 Å². The van der Waals surface area contributed by atoms with Crippen LogP contribution in [0.15, 0.2) is 29.4 Å². The molecule has 28 heavy (non-hydrogen) atoms. The number of methoxy groups -OCH3 is 1. The quantitative estimate of drug-likeness (QED) is 0.623. The lowest BCUT2D eigenvalue weighted by molar-refractivity contribution is 0.147. The highest BCUT2D eigenvalue weighted by atomic mass is 35.5. The summed E-state index contributed by atoms with van der Waals surface area (Å²) >= 11 is 5.95. The van der Waals surface area contributed by atoms with Gasteiger partial charge >= 0.3 is 0 Å². The topological polar surface area (TPSA) is 121 Å². The smallest absolute Gasteiger partial charge is 0.266 e. The molecule has 0 radical (unpaired) electrons. The summed E-state index contributed by atoms with van der Waals surface area (Å²) in [5, 5.41) is 9.63. The number of anilines is 1. The van der Waals surface area contributed by atoms with Crippen molar-refractivity contribution in [3.05, 3.63) is 40.7 Å². The fourth-order valence-electron chi connectivity index (χ4n) is 2.58. The number of alkyl halides is 2. The van der Waals surface area contributed by atoms with Gasteiger partial charge in [0.25, 0.3) is 10.0 Å². The molecule has 3 rings (SSSR count). The van der Waals surface area contributed by atoms with Gasteiger partial charge in [-0.25, -0.2) is 26.9 Å². The van der Waals surface area contributed by atoms with Gasteiger partial charge in [0.2, 0.25) is 18.3 Å². The molecule has 0 bridgehead atoms. The Labute approximate surface area is 163 Å². The highest BCUT2D eigenvalue weighted by Gasteiger charge is 2.23. The maximum atomic E-state index is 12.7. The van der Waals surface area contributed by atoms with E-state index >= 15 is 0 Å². The van der Waals surface area contributed by atoms with E-state index in [1.165, 1.54) is 25.4 Å². The van der Waals surface area contributed by atoms with E-state index in [-0.39, 0.29) is 43.8 Å². The van der Waals surface area contributed by atoms with E-state index < -0.39 is 22.9 Å². The number of hydrogen-bond donors (Lipinski definition) is 2. The Balaban J connectivity index is 1.99. The molecule has 0 amide bonds. The molecule has 12 heteroatoms. The molecule has 0 atom stereocenters. The molecule has 0 aliphatic carbocycles. The molecule has 1 aromatic carbocycles. The third-order valence-electron chi connectivity index (χ3n) is 3.79. The van der Waals surface area contributed by atoms with Gasteiger partial charge in [0.1, 0.15) is 11.0 Å². The first-order valence-electron chi connectivity index (χ1n) is 7.67. The number of nitrogens with one attached hydrogen (secondary N) is 2. The molecular formula is C16H12ClF2N5O3S. The highest BCUT2D eigenvalue weighted by molar-refractivity contribution is 7.93. The number of nitriles is 1. The molecule has 146 valence electrons. The number of benzene rings is 1. The number of aromatic amines is 1. The number of halogens is 3. The molecule has 0 aliphatic heterocycles. The van der Waals surface area contributed by atoms with Gasteiger partial charge in [-0.3, -0.25) is 0 Å². The van der Waals surface area contributed by atoms with Crippen molar-refractivity contribution < 1.29 is 21.9 Å². The Bertz CT molecular complexity index is 1190. The van der Waals surface area contributed by atoms with Crippen molar-refractivity contribution >= 4 is 38.5 Å². The molecule has 0 aliphatic rings. The van der Waals surface area contributed by atoms with Crippen LogP contribution in [-0.2, 0) is 16.4 Å². The molecule has 0 unspecified atom stereocenters. The first-order valence-corrected chi connectivity index (χ1v) is 9.53. The lowest BCUT2D eigenvalue weighted by Gasteiger charge is -2.10. The molecular weight excluding hydrogens is 416 g/mol. The zero-order chi connectivity index (χ0) is 20.5. The first-order chi connectivity index (χ1) is 13.3. The van der Waals surface area contributed by atoms with Crippen molar-refractivity contribution in [2.45, 2.75) is 17.7 Å². The Morgan fingerprint density at radius 1 is 1.43 bits per heavy atom. The maximum absolute atomic E-state index is 12.7. The van der Waals surface area contributed by atoms with E-state index in [0.717, 1.165) is 6.20 Å². The molecule has 0 spiro atoms. The normalized spacial score (nSPS) is 11.6. The number of nitrogens with zero attached hydrogens (tertiary/aromatic N) is 3. The molecule has 8 nitrogen and oxygen atoms in total. The number of sulfonamides is 1. The van der Waals surface area contributed by atoms with E-state index in [1.54, 1.807) is 0 Å².